The van der Waals surface area contributed by atoms with Crippen molar-refractivity contribution in [1.29, 1.82) is 0 Å². The molecular formula is C14H20O. The van der Waals surface area contributed by atoms with Crippen molar-refractivity contribution in [2.24, 2.45) is 28.6 Å². The topological polar surface area (TPSA) is 17.1 Å². The van der Waals surface area contributed by atoms with E-state index in [1.54, 1.807) is 0 Å². The molecule has 1 nitrogen and oxygen atoms in total. The Hall–Kier alpha value is -0.590. The van der Waals surface area contributed by atoms with Gasteiger partial charge in [0.25, 0.3) is 0 Å². The highest BCUT2D eigenvalue weighted by molar-refractivity contribution is 5.88. The fraction of sp³-hybridized carbons (Fsp3) is 0.786. The predicted molar refractivity (Wildman–Crippen MR) is 60.4 cm³/mol. The van der Waals surface area contributed by atoms with Gasteiger partial charge in [-0.1, -0.05) is 13.0 Å². The molecule has 3 saturated carbocycles. The van der Waals surface area contributed by atoms with E-state index in [0.717, 1.165) is 24.7 Å². The molecule has 0 radical (unpaired) electrons. The van der Waals surface area contributed by atoms with Gasteiger partial charge < -0.3 is 0 Å². The number of carbonyl (C=O) groups excluding carboxylic acids is 1. The molecule has 5 unspecified atom stereocenters. The Balaban J connectivity index is 2.03. The summed E-state index contributed by atoms with van der Waals surface area (Å²) in [5.74, 6) is 2.83. The average molecular weight is 204 g/mol. The molecule has 5 atom stereocenters. The summed E-state index contributed by atoms with van der Waals surface area (Å²) < 4.78 is 0. The van der Waals surface area contributed by atoms with Crippen molar-refractivity contribution < 1.29 is 4.79 Å². The van der Waals surface area contributed by atoms with Crippen LogP contribution in [0.1, 0.15) is 39.5 Å². The van der Waals surface area contributed by atoms with Crippen molar-refractivity contribution in [1.82, 2.24) is 0 Å². The fourth-order valence-electron chi connectivity index (χ4n) is 4.96. The Bertz CT molecular complexity index is 345. The van der Waals surface area contributed by atoms with Crippen LogP contribution in [0.25, 0.3) is 0 Å². The first-order valence-electron chi connectivity index (χ1n) is 6.24. The van der Waals surface area contributed by atoms with Gasteiger partial charge in [-0.25, -0.2) is 0 Å². The lowest BCUT2D eigenvalue weighted by molar-refractivity contribution is -0.133. The maximum absolute atomic E-state index is 12.1. The summed E-state index contributed by atoms with van der Waals surface area (Å²) >= 11 is 0. The minimum absolute atomic E-state index is 0.211. The van der Waals surface area contributed by atoms with Gasteiger partial charge in [-0.15, -0.1) is 6.58 Å². The summed E-state index contributed by atoms with van der Waals surface area (Å²) in [4.78, 5) is 12.1. The zero-order valence-electron chi connectivity index (χ0n) is 9.75. The van der Waals surface area contributed by atoms with Gasteiger partial charge in [0.15, 0.2) is 0 Å². The first-order valence-corrected chi connectivity index (χ1v) is 6.24. The molecule has 0 aromatic heterocycles. The van der Waals surface area contributed by atoms with E-state index in [4.69, 9.17) is 0 Å². The molecule has 0 aromatic carbocycles. The van der Waals surface area contributed by atoms with Crippen LogP contribution in [0.15, 0.2) is 12.7 Å². The van der Waals surface area contributed by atoms with Crippen molar-refractivity contribution >= 4 is 5.78 Å². The molecule has 1 spiro atoms. The lowest BCUT2D eigenvalue weighted by atomic mass is 9.60. The fourth-order valence-corrected chi connectivity index (χ4v) is 4.96. The molecule has 15 heavy (non-hydrogen) atoms. The molecule has 0 heterocycles. The van der Waals surface area contributed by atoms with E-state index in [9.17, 15) is 4.79 Å². The van der Waals surface area contributed by atoms with Crippen LogP contribution >= 0.6 is 0 Å². The highest BCUT2D eigenvalue weighted by Gasteiger charge is 2.73. The summed E-state index contributed by atoms with van der Waals surface area (Å²) in [7, 11) is 0. The third-order valence-electron chi connectivity index (χ3n) is 5.98. The van der Waals surface area contributed by atoms with Crippen molar-refractivity contribution in [2.45, 2.75) is 39.5 Å². The van der Waals surface area contributed by atoms with E-state index in [-0.39, 0.29) is 5.41 Å². The molecule has 0 aliphatic heterocycles. The first kappa shape index (κ1) is 9.62. The van der Waals surface area contributed by atoms with Crippen molar-refractivity contribution in [3.63, 3.8) is 0 Å². The van der Waals surface area contributed by atoms with Gasteiger partial charge in [-0.05, 0) is 49.4 Å². The molecule has 0 aromatic rings. The molecule has 3 aliphatic rings. The van der Waals surface area contributed by atoms with Gasteiger partial charge in [-0.2, -0.15) is 0 Å². The molecule has 3 aliphatic carbocycles. The summed E-state index contributed by atoms with van der Waals surface area (Å²) in [6, 6.07) is 0. The molecule has 3 fully saturated rings. The van der Waals surface area contributed by atoms with E-state index < -0.39 is 0 Å². The molecule has 0 bridgehead atoms. The third-order valence-corrected chi connectivity index (χ3v) is 5.98. The van der Waals surface area contributed by atoms with E-state index in [2.05, 4.69) is 20.4 Å². The van der Waals surface area contributed by atoms with E-state index in [0.29, 0.717) is 17.1 Å². The van der Waals surface area contributed by atoms with Gasteiger partial charge in [0.1, 0.15) is 5.78 Å². The van der Waals surface area contributed by atoms with Crippen LogP contribution in [0.4, 0.5) is 0 Å². The highest BCUT2D eigenvalue weighted by atomic mass is 16.1. The zero-order chi connectivity index (χ0) is 10.8. The van der Waals surface area contributed by atoms with Crippen LogP contribution in [-0.4, -0.2) is 5.78 Å². The van der Waals surface area contributed by atoms with Crippen molar-refractivity contribution in [3.05, 3.63) is 12.7 Å². The predicted octanol–water partition coefficient (Wildman–Crippen LogP) is 3.20. The molecular weight excluding hydrogens is 184 g/mol. The van der Waals surface area contributed by atoms with Crippen LogP contribution in [0.2, 0.25) is 0 Å². The SMILES string of the molecule is C=CC1(C)C(=O)CCC23C(C)C2CCC13. The van der Waals surface area contributed by atoms with E-state index in [1.807, 2.05) is 6.08 Å². The van der Waals surface area contributed by atoms with Crippen molar-refractivity contribution in [2.75, 3.05) is 0 Å². The largest absolute Gasteiger partial charge is 0.299 e. The zero-order valence-corrected chi connectivity index (χ0v) is 9.75. The lowest BCUT2D eigenvalue weighted by Gasteiger charge is -2.43. The molecule has 0 saturated heterocycles. The summed E-state index contributed by atoms with van der Waals surface area (Å²) in [5, 5.41) is 0. The quantitative estimate of drug-likeness (QED) is 0.599. The number of hydrogen-bond donors (Lipinski definition) is 0. The van der Waals surface area contributed by atoms with Crippen LogP contribution < -0.4 is 0 Å². The van der Waals surface area contributed by atoms with E-state index >= 15 is 0 Å². The summed E-state index contributed by atoms with van der Waals surface area (Å²) in [6.07, 6.45) is 6.49. The van der Waals surface area contributed by atoms with Crippen LogP contribution in [-0.2, 0) is 4.79 Å². The second kappa shape index (κ2) is 2.56. The molecule has 0 amide bonds. The Morgan fingerprint density at radius 2 is 2.20 bits per heavy atom. The molecule has 1 heteroatoms. The minimum atomic E-state index is -0.211. The number of Topliss-reactive ketones (excluding diaryl/α,β-unsaturated/α-hetero) is 1. The number of carbonyl (C=O) groups is 1. The second-order valence-electron chi connectivity index (χ2n) is 6.05. The monoisotopic (exact) mass is 204 g/mol. The standard InChI is InChI=1S/C14H20O/c1-4-13(3)11-6-5-10-9(2)14(10,11)8-7-12(13)15/h4,9-11H,1,5-8H2,2-3H3. The van der Waals surface area contributed by atoms with Gasteiger partial charge in [0.2, 0.25) is 0 Å². The van der Waals surface area contributed by atoms with Gasteiger partial charge >= 0.3 is 0 Å². The number of hydrogen-bond acceptors (Lipinski definition) is 1. The average Bonchev–Trinajstić information content (AvgIpc) is 2.63. The summed E-state index contributed by atoms with van der Waals surface area (Å²) in [6.45, 7) is 8.43. The minimum Gasteiger partial charge on any atom is -0.299 e. The van der Waals surface area contributed by atoms with Crippen LogP contribution in [0, 0.1) is 28.6 Å². The molecule has 82 valence electrons. The smallest absolute Gasteiger partial charge is 0.142 e. The number of allylic oxidation sites excluding steroid dienone is 1. The Morgan fingerprint density at radius 3 is 2.80 bits per heavy atom. The lowest BCUT2D eigenvalue weighted by Crippen LogP contribution is -2.43. The normalized spacial score (nSPS) is 57.2. The summed E-state index contributed by atoms with van der Waals surface area (Å²) in [5.41, 5.74) is 0.328. The second-order valence-corrected chi connectivity index (χ2v) is 6.05. The van der Waals surface area contributed by atoms with Gasteiger partial charge in [0, 0.05) is 11.8 Å². The molecule has 3 rings (SSSR count). The van der Waals surface area contributed by atoms with Crippen LogP contribution in [0.5, 0.6) is 0 Å². The van der Waals surface area contributed by atoms with Gasteiger partial charge in [0.05, 0.1) is 0 Å². The maximum atomic E-state index is 12.1. The highest BCUT2D eigenvalue weighted by Crippen LogP contribution is 2.77. The van der Waals surface area contributed by atoms with Crippen LogP contribution in [0.3, 0.4) is 0 Å². The number of ketones is 1. The van der Waals surface area contributed by atoms with Gasteiger partial charge in [-0.3, -0.25) is 4.79 Å². The third kappa shape index (κ3) is 0.847. The number of rotatable bonds is 1. The Kier molecular flexibility index (Phi) is 1.64. The van der Waals surface area contributed by atoms with Crippen molar-refractivity contribution in [3.8, 4) is 0 Å². The first-order chi connectivity index (χ1) is 7.07. The Labute approximate surface area is 91.9 Å². The Morgan fingerprint density at radius 1 is 1.47 bits per heavy atom. The molecule has 0 N–H and O–H groups in total. The van der Waals surface area contributed by atoms with E-state index in [1.165, 1.54) is 12.8 Å². The maximum Gasteiger partial charge on any atom is 0.142 e.